The lowest BCUT2D eigenvalue weighted by Crippen LogP contribution is -2.40. The molecule has 2 aromatic carbocycles. The van der Waals surface area contributed by atoms with E-state index in [0.29, 0.717) is 23.3 Å². The van der Waals surface area contributed by atoms with Gasteiger partial charge in [-0.25, -0.2) is 18.9 Å². The number of aromatic nitrogens is 5. The largest absolute Gasteiger partial charge is 0.479 e. The average molecular weight is 696 g/mol. The molecular formula is C33H36F2N7O6P. The summed E-state index contributed by atoms with van der Waals surface area (Å²) in [6.45, 7) is 5.48. The lowest BCUT2D eigenvalue weighted by atomic mass is 10.1. The van der Waals surface area contributed by atoms with Crippen molar-refractivity contribution < 1.29 is 36.8 Å². The number of esters is 1. The van der Waals surface area contributed by atoms with Gasteiger partial charge in [0.25, 0.3) is 0 Å². The summed E-state index contributed by atoms with van der Waals surface area (Å²) in [6, 6.07) is 11.4. The predicted octanol–water partition coefficient (Wildman–Crippen LogP) is 5.85. The van der Waals surface area contributed by atoms with E-state index in [1.807, 2.05) is 45.0 Å². The first-order valence-electron chi connectivity index (χ1n) is 15.6. The van der Waals surface area contributed by atoms with E-state index in [0.717, 1.165) is 23.0 Å². The maximum absolute atomic E-state index is 14.2. The fourth-order valence-corrected chi connectivity index (χ4v) is 6.93. The number of fused-ring (bicyclic) bond motifs is 2. The van der Waals surface area contributed by atoms with Gasteiger partial charge in [0.15, 0.2) is 11.2 Å². The predicted molar refractivity (Wildman–Crippen MR) is 177 cm³/mol. The molecule has 0 spiro atoms. The molecule has 6 rings (SSSR count). The number of nitrogens with two attached hydrogens (primary N) is 1. The zero-order valence-electron chi connectivity index (χ0n) is 27.2. The van der Waals surface area contributed by atoms with Gasteiger partial charge in [-0.05, 0) is 48.7 Å². The second-order valence-electron chi connectivity index (χ2n) is 12.0. The summed E-state index contributed by atoms with van der Waals surface area (Å²) in [4.78, 5) is 30.5. The number of methoxy groups -OCH3 is 1. The molecule has 258 valence electrons. The van der Waals surface area contributed by atoms with Crippen LogP contribution < -0.4 is 20.1 Å². The molecule has 0 saturated carbocycles. The molecule has 1 saturated heterocycles. The molecule has 0 aliphatic carbocycles. The molecule has 1 aliphatic heterocycles. The summed E-state index contributed by atoms with van der Waals surface area (Å²) in [7, 11) is -0.462. The maximum Gasteiger partial charge on any atom is 0.324 e. The van der Waals surface area contributed by atoms with E-state index in [-0.39, 0.29) is 48.5 Å². The molecule has 13 nitrogen and oxygen atoms in total. The van der Waals surface area contributed by atoms with E-state index >= 15 is 0 Å². The van der Waals surface area contributed by atoms with Gasteiger partial charge in [0.05, 0.1) is 31.7 Å². The minimum atomic E-state index is -1.95. The number of benzene rings is 2. The lowest BCUT2D eigenvalue weighted by molar-refractivity contribution is -0.148. The number of rotatable bonds is 13. The summed E-state index contributed by atoms with van der Waals surface area (Å²) < 4.78 is 59.2. The van der Waals surface area contributed by atoms with Crippen molar-refractivity contribution in [1.82, 2.24) is 29.6 Å². The summed E-state index contributed by atoms with van der Waals surface area (Å²) in [5.41, 5.74) is 7.71. The molecule has 49 heavy (non-hydrogen) atoms. The van der Waals surface area contributed by atoms with Crippen molar-refractivity contribution in [3.63, 3.8) is 0 Å². The van der Waals surface area contributed by atoms with Gasteiger partial charge in [0, 0.05) is 29.1 Å². The van der Waals surface area contributed by atoms with Crippen molar-refractivity contribution in [3.8, 4) is 11.6 Å². The highest BCUT2D eigenvalue weighted by Gasteiger charge is 2.37. The van der Waals surface area contributed by atoms with Crippen LogP contribution >= 0.6 is 8.53 Å². The molecule has 0 amide bonds. The Hall–Kier alpha value is -4.56. The van der Waals surface area contributed by atoms with Gasteiger partial charge in [-0.15, -0.1) is 0 Å². The first kappa shape index (κ1) is 34.3. The van der Waals surface area contributed by atoms with E-state index in [4.69, 9.17) is 29.0 Å². The number of anilines is 1. The van der Waals surface area contributed by atoms with E-state index in [1.54, 1.807) is 23.2 Å². The van der Waals surface area contributed by atoms with Crippen molar-refractivity contribution in [2.75, 3.05) is 19.5 Å². The van der Waals surface area contributed by atoms with Gasteiger partial charge >= 0.3 is 14.5 Å². The third-order valence-corrected chi connectivity index (χ3v) is 9.27. The second-order valence-corrected chi connectivity index (χ2v) is 13.2. The standard InChI is InChI=1S/C33H36F2N7O6P/c1-18(2)27(32(43)45-15-21-7-8-22(34)14-25(21)35)41-49(48-23-9-10-26-20(13-23)6-5-11-37-26)46-16-24-12-19(3)31(47-24)42-17-38-28-29(42)39-33(36)40-30(28)44-4/h5-11,13-14,17-19,24,27,31,41H,12,15-16H2,1-4H3,(H2,36,39,40). The molecule has 5 atom stereocenters. The number of halogens is 2. The van der Waals surface area contributed by atoms with Gasteiger partial charge in [0.2, 0.25) is 11.8 Å². The number of nitrogen functional groups attached to an aromatic ring is 1. The van der Waals surface area contributed by atoms with E-state index in [2.05, 4.69) is 25.0 Å². The lowest BCUT2D eigenvalue weighted by Gasteiger charge is -2.27. The van der Waals surface area contributed by atoms with Gasteiger partial charge in [0.1, 0.15) is 36.3 Å². The first-order chi connectivity index (χ1) is 23.6. The van der Waals surface area contributed by atoms with Crippen molar-refractivity contribution in [2.45, 2.75) is 52.2 Å². The Morgan fingerprint density at radius 1 is 1.16 bits per heavy atom. The monoisotopic (exact) mass is 695 g/mol. The van der Waals surface area contributed by atoms with Crippen molar-refractivity contribution >= 4 is 42.5 Å². The highest BCUT2D eigenvalue weighted by Crippen LogP contribution is 2.41. The van der Waals surface area contributed by atoms with Gasteiger partial charge in [-0.3, -0.25) is 14.3 Å². The van der Waals surface area contributed by atoms with Crippen LogP contribution in [0.3, 0.4) is 0 Å². The fourth-order valence-electron chi connectivity index (χ4n) is 5.51. The van der Waals surface area contributed by atoms with Crippen LogP contribution in [-0.4, -0.2) is 56.3 Å². The Labute approximate surface area is 282 Å². The van der Waals surface area contributed by atoms with Crippen LogP contribution in [0.1, 0.15) is 39.0 Å². The normalized spacial score (nSPS) is 19.0. The molecule has 5 aromatic rings. The van der Waals surface area contributed by atoms with Crippen LogP contribution in [0.25, 0.3) is 22.1 Å². The smallest absolute Gasteiger partial charge is 0.324 e. The summed E-state index contributed by atoms with van der Waals surface area (Å²) in [6.07, 6.45) is 3.20. The van der Waals surface area contributed by atoms with Crippen molar-refractivity contribution in [1.29, 1.82) is 0 Å². The van der Waals surface area contributed by atoms with E-state index in [9.17, 15) is 13.6 Å². The summed E-state index contributed by atoms with van der Waals surface area (Å²) in [5, 5.41) is 4.05. The van der Waals surface area contributed by atoms with Gasteiger partial charge < -0.3 is 29.0 Å². The minimum Gasteiger partial charge on any atom is -0.479 e. The Morgan fingerprint density at radius 3 is 2.78 bits per heavy atom. The summed E-state index contributed by atoms with van der Waals surface area (Å²) >= 11 is 0. The molecule has 16 heteroatoms. The quantitative estimate of drug-likeness (QED) is 0.112. The Morgan fingerprint density at radius 2 is 2.00 bits per heavy atom. The first-order valence-corrected chi connectivity index (χ1v) is 16.8. The van der Waals surface area contributed by atoms with E-state index in [1.165, 1.54) is 13.2 Å². The van der Waals surface area contributed by atoms with Crippen LogP contribution in [0.2, 0.25) is 0 Å². The molecule has 0 radical (unpaired) electrons. The minimum absolute atomic E-state index is 0.0477. The number of imidazole rings is 1. The Kier molecular flexibility index (Phi) is 10.4. The molecule has 3 aromatic heterocycles. The highest BCUT2D eigenvalue weighted by atomic mass is 31.2. The van der Waals surface area contributed by atoms with Crippen LogP contribution in [0.4, 0.5) is 14.7 Å². The number of pyridine rings is 1. The topological polar surface area (TPSA) is 158 Å². The molecule has 1 fully saturated rings. The Bertz CT molecular complexity index is 1950. The van der Waals surface area contributed by atoms with Crippen LogP contribution in [0.15, 0.2) is 61.1 Å². The fraction of sp³-hybridized carbons (Fsp3) is 0.364. The molecular weight excluding hydrogens is 659 g/mol. The number of nitrogens with zero attached hydrogens (tertiary/aromatic N) is 5. The SMILES string of the molecule is COc1nc(N)nc2c1ncn2C1OC(COP(NC(C(=O)OCc2ccc(F)cc2F)C(C)C)Oc2ccc3ncccc3c2)CC1C. The van der Waals surface area contributed by atoms with Crippen molar-refractivity contribution in [3.05, 3.63) is 78.3 Å². The highest BCUT2D eigenvalue weighted by molar-refractivity contribution is 7.45. The number of hydrogen-bond acceptors (Lipinski definition) is 12. The third-order valence-electron chi connectivity index (χ3n) is 8.02. The number of carbonyl (C=O) groups is 1. The number of carbonyl (C=O) groups excluding carboxylic acids is 1. The van der Waals surface area contributed by atoms with Crippen LogP contribution in [0, 0.1) is 23.5 Å². The third kappa shape index (κ3) is 7.86. The van der Waals surface area contributed by atoms with Crippen LogP contribution in [0.5, 0.6) is 11.6 Å². The van der Waals surface area contributed by atoms with E-state index < -0.39 is 38.4 Å². The second kappa shape index (κ2) is 14.9. The van der Waals surface area contributed by atoms with Crippen molar-refractivity contribution in [2.24, 2.45) is 11.8 Å². The molecule has 5 unspecified atom stereocenters. The zero-order valence-corrected chi connectivity index (χ0v) is 28.1. The molecule has 0 bridgehead atoms. The number of ether oxygens (including phenoxy) is 3. The van der Waals surface area contributed by atoms with Crippen LogP contribution in [-0.2, 0) is 25.4 Å². The Balaban J connectivity index is 1.18. The number of hydrogen-bond donors (Lipinski definition) is 2. The van der Waals surface area contributed by atoms with Gasteiger partial charge in [-0.2, -0.15) is 9.97 Å². The average Bonchev–Trinajstić information content (AvgIpc) is 3.67. The molecule has 3 N–H and O–H groups in total. The molecule has 4 heterocycles. The molecule has 1 aliphatic rings. The van der Waals surface area contributed by atoms with Gasteiger partial charge in [-0.1, -0.05) is 26.8 Å². The number of nitrogens with one attached hydrogen (secondary N) is 1. The summed E-state index contributed by atoms with van der Waals surface area (Å²) in [5.74, 6) is -1.56. The maximum atomic E-state index is 14.2. The zero-order chi connectivity index (χ0) is 34.7.